The highest BCUT2D eigenvalue weighted by atomic mass is 32.1. The Labute approximate surface area is 173 Å². The highest BCUT2D eigenvalue weighted by Gasteiger charge is 2.36. The molecule has 7 nitrogen and oxygen atoms in total. The number of carbonyl (C=O) groups excluding carboxylic acids is 2. The van der Waals surface area contributed by atoms with Crippen LogP contribution < -0.4 is 15.5 Å². The number of thiophene rings is 1. The number of aromatic nitrogens is 1. The highest BCUT2D eigenvalue weighted by molar-refractivity contribution is 7.17. The molecule has 2 amide bonds. The summed E-state index contributed by atoms with van der Waals surface area (Å²) in [5.74, 6) is -0.399. The van der Waals surface area contributed by atoms with Crippen LogP contribution in [0.2, 0.25) is 0 Å². The molecule has 3 rings (SSSR count). The van der Waals surface area contributed by atoms with Gasteiger partial charge < -0.3 is 20.3 Å². The molecular formula is C18H20F4N4O3S. The second-order valence-corrected chi connectivity index (χ2v) is 7.52. The minimum Gasteiger partial charge on any atom is -0.446 e. The van der Waals surface area contributed by atoms with E-state index >= 15 is 0 Å². The van der Waals surface area contributed by atoms with Crippen molar-refractivity contribution in [2.24, 2.45) is 0 Å². The molecule has 1 aliphatic heterocycles. The molecule has 0 radical (unpaired) electrons. The van der Waals surface area contributed by atoms with Crippen LogP contribution in [0.25, 0.3) is 10.2 Å². The molecule has 1 aliphatic rings. The Morgan fingerprint density at radius 3 is 2.63 bits per heavy atom. The molecule has 0 spiro atoms. The van der Waals surface area contributed by atoms with Crippen LogP contribution in [0.5, 0.6) is 0 Å². The number of hydrogen-bond donors (Lipinski definition) is 2. The fourth-order valence-electron chi connectivity index (χ4n) is 3.21. The number of ether oxygens (including phenoxy) is 1. The molecule has 0 aliphatic carbocycles. The monoisotopic (exact) mass is 448 g/mol. The van der Waals surface area contributed by atoms with Crippen molar-refractivity contribution in [3.05, 3.63) is 22.6 Å². The molecule has 2 aromatic rings. The molecule has 0 aromatic carbocycles. The van der Waals surface area contributed by atoms with Crippen molar-refractivity contribution in [2.45, 2.75) is 25.1 Å². The first-order chi connectivity index (χ1) is 14.2. The molecule has 0 atom stereocenters. The smallest absolute Gasteiger partial charge is 0.417 e. The zero-order chi connectivity index (χ0) is 21.9. The maximum atomic E-state index is 13.6. The molecule has 0 saturated carbocycles. The van der Waals surface area contributed by atoms with E-state index in [4.69, 9.17) is 4.74 Å². The van der Waals surface area contributed by atoms with Crippen molar-refractivity contribution in [1.29, 1.82) is 0 Å². The van der Waals surface area contributed by atoms with Crippen LogP contribution in [0.4, 0.5) is 28.2 Å². The Morgan fingerprint density at radius 2 is 2.03 bits per heavy atom. The van der Waals surface area contributed by atoms with Crippen LogP contribution in [0.3, 0.4) is 0 Å². The fourth-order valence-corrected chi connectivity index (χ4v) is 4.23. The van der Waals surface area contributed by atoms with Crippen molar-refractivity contribution < 1.29 is 31.9 Å². The van der Waals surface area contributed by atoms with Crippen LogP contribution in [-0.2, 0) is 10.9 Å². The quantitative estimate of drug-likeness (QED) is 0.686. The topological polar surface area (TPSA) is 83.6 Å². The highest BCUT2D eigenvalue weighted by Crippen LogP contribution is 2.40. The van der Waals surface area contributed by atoms with Crippen molar-refractivity contribution >= 4 is 39.4 Å². The van der Waals surface area contributed by atoms with Crippen molar-refractivity contribution in [2.75, 3.05) is 38.3 Å². The zero-order valence-electron chi connectivity index (χ0n) is 16.0. The first-order valence-electron chi connectivity index (χ1n) is 9.21. The van der Waals surface area contributed by atoms with Gasteiger partial charge in [0.05, 0.1) is 21.3 Å². The van der Waals surface area contributed by atoms with E-state index in [0.29, 0.717) is 25.9 Å². The maximum Gasteiger partial charge on any atom is 0.417 e. The predicted molar refractivity (Wildman–Crippen MR) is 104 cm³/mol. The number of alkyl carbamates (subject to hydrolysis) is 1. The second kappa shape index (κ2) is 9.02. The first-order valence-corrected chi connectivity index (χ1v) is 10.1. The molecular weight excluding hydrogens is 428 g/mol. The summed E-state index contributed by atoms with van der Waals surface area (Å²) in [6, 6.07) is 0.988. The van der Waals surface area contributed by atoms with Gasteiger partial charge in [-0.05, 0) is 6.07 Å². The molecule has 1 fully saturated rings. The van der Waals surface area contributed by atoms with Crippen LogP contribution in [0.15, 0.2) is 11.4 Å². The molecule has 0 unspecified atom stereocenters. The minimum absolute atomic E-state index is 0.00755. The van der Waals surface area contributed by atoms with E-state index in [2.05, 4.69) is 15.6 Å². The number of carbonyl (C=O) groups is 2. The largest absolute Gasteiger partial charge is 0.446 e. The number of alkyl halides is 4. The lowest BCUT2D eigenvalue weighted by Gasteiger charge is -2.32. The van der Waals surface area contributed by atoms with Gasteiger partial charge in [0.2, 0.25) is 0 Å². The van der Waals surface area contributed by atoms with Gasteiger partial charge in [-0.3, -0.25) is 4.79 Å². The van der Waals surface area contributed by atoms with Gasteiger partial charge in [-0.2, -0.15) is 13.2 Å². The summed E-state index contributed by atoms with van der Waals surface area (Å²) in [7, 11) is 1.40. The molecule has 2 N–H and O–H groups in total. The summed E-state index contributed by atoms with van der Waals surface area (Å²) in [5.41, 5.74) is -0.743. The van der Waals surface area contributed by atoms with Gasteiger partial charge in [-0.1, -0.05) is 0 Å². The summed E-state index contributed by atoms with van der Waals surface area (Å²) in [5, 5.41) is 6.04. The number of pyridine rings is 1. The molecule has 0 bridgehead atoms. The van der Waals surface area contributed by atoms with E-state index in [9.17, 15) is 27.2 Å². The van der Waals surface area contributed by atoms with Gasteiger partial charge >= 0.3 is 12.3 Å². The lowest BCUT2D eigenvalue weighted by Crippen LogP contribution is -2.40. The lowest BCUT2D eigenvalue weighted by molar-refractivity contribution is -0.136. The van der Waals surface area contributed by atoms with Gasteiger partial charge in [-0.15, -0.1) is 11.3 Å². The SMILES string of the molecule is CNC(=O)c1csc2c(C(F)(F)F)cc(N3CCC(OC(=O)NCCF)CC3)nc12. The van der Waals surface area contributed by atoms with Crippen LogP contribution in [0, 0.1) is 0 Å². The number of fused-ring (bicyclic) bond motifs is 1. The standard InChI is InChI=1S/C18H20F4N4O3S/c1-23-16(27)11-9-30-15-12(18(20,21)22)8-13(25-14(11)15)26-6-2-10(3-7-26)29-17(28)24-5-4-19/h8-10H,2-7H2,1H3,(H,23,27)(H,24,28). The molecule has 1 saturated heterocycles. The van der Waals surface area contributed by atoms with E-state index in [0.717, 1.165) is 17.4 Å². The Kier molecular flexibility index (Phi) is 6.64. The first kappa shape index (κ1) is 22.1. The zero-order valence-corrected chi connectivity index (χ0v) is 16.8. The average molecular weight is 448 g/mol. The fraction of sp³-hybridized carbons (Fsp3) is 0.500. The van der Waals surface area contributed by atoms with E-state index in [1.165, 1.54) is 12.4 Å². The summed E-state index contributed by atoms with van der Waals surface area (Å²) in [6.45, 7) is -0.216. The number of hydrogen-bond acceptors (Lipinski definition) is 6. The Bertz CT molecular complexity index is 926. The third kappa shape index (κ3) is 4.74. The molecule has 30 heavy (non-hydrogen) atoms. The van der Waals surface area contributed by atoms with Gasteiger partial charge in [0.15, 0.2) is 0 Å². The summed E-state index contributed by atoms with van der Waals surface area (Å²) in [4.78, 5) is 29.6. The van der Waals surface area contributed by atoms with E-state index in [-0.39, 0.29) is 28.1 Å². The van der Waals surface area contributed by atoms with E-state index in [1.54, 1.807) is 4.90 Å². The minimum atomic E-state index is -4.60. The number of anilines is 1. The van der Waals surface area contributed by atoms with Gasteiger partial charge in [0.1, 0.15) is 18.6 Å². The van der Waals surface area contributed by atoms with Gasteiger partial charge in [-0.25, -0.2) is 14.2 Å². The lowest BCUT2D eigenvalue weighted by atomic mass is 10.1. The third-order valence-electron chi connectivity index (χ3n) is 4.69. The Balaban J connectivity index is 1.82. The van der Waals surface area contributed by atoms with E-state index < -0.39 is 36.5 Å². The predicted octanol–water partition coefficient (Wildman–Crippen LogP) is 3.34. The van der Waals surface area contributed by atoms with Gasteiger partial charge in [0, 0.05) is 44.9 Å². The number of piperidine rings is 1. The number of nitrogens with zero attached hydrogens (tertiary/aromatic N) is 2. The normalized spacial score (nSPS) is 15.3. The summed E-state index contributed by atoms with van der Waals surface area (Å²) >= 11 is 0.827. The Morgan fingerprint density at radius 1 is 1.33 bits per heavy atom. The molecule has 3 heterocycles. The number of amides is 2. The van der Waals surface area contributed by atoms with Crippen LogP contribution in [-0.4, -0.2) is 56.4 Å². The van der Waals surface area contributed by atoms with Crippen molar-refractivity contribution in [3.63, 3.8) is 0 Å². The van der Waals surface area contributed by atoms with Crippen LogP contribution >= 0.6 is 11.3 Å². The second-order valence-electron chi connectivity index (χ2n) is 6.64. The molecule has 164 valence electrons. The number of halogens is 4. The average Bonchev–Trinajstić information content (AvgIpc) is 3.14. The van der Waals surface area contributed by atoms with Gasteiger partial charge in [0.25, 0.3) is 5.91 Å². The third-order valence-corrected chi connectivity index (χ3v) is 5.69. The Hall–Kier alpha value is -2.63. The summed E-state index contributed by atoms with van der Waals surface area (Å²) in [6.07, 6.45) is -4.98. The maximum absolute atomic E-state index is 13.6. The summed E-state index contributed by atoms with van der Waals surface area (Å²) < 4.78 is 58.1. The molecule has 12 heteroatoms. The van der Waals surface area contributed by atoms with E-state index in [1.807, 2.05) is 0 Å². The number of rotatable bonds is 5. The van der Waals surface area contributed by atoms with Crippen molar-refractivity contribution in [3.8, 4) is 0 Å². The number of nitrogens with one attached hydrogen (secondary N) is 2. The van der Waals surface area contributed by atoms with Crippen LogP contribution in [0.1, 0.15) is 28.8 Å². The molecule has 2 aromatic heterocycles. The van der Waals surface area contributed by atoms with Crippen molar-refractivity contribution in [1.82, 2.24) is 15.6 Å².